The van der Waals surface area contributed by atoms with Crippen LogP contribution in [0.2, 0.25) is 0 Å². The van der Waals surface area contributed by atoms with Gasteiger partial charge in [0.1, 0.15) is 0 Å². The minimum atomic E-state index is -0.494. The number of nitro groups is 1. The Morgan fingerprint density at radius 1 is 1.62 bits per heavy atom. The van der Waals surface area contributed by atoms with E-state index >= 15 is 0 Å². The highest BCUT2D eigenvalue weighted by molar-refractivity contribution is 6.49. The maximum absolute atomic E-state index is 10.6. The molecule has 5 heteroatoms. The Bertz CT molecular complexity index is 489. The molecule has 0 bridgehead atoms. The molecule has 0 spiro atoms. The van der Waals surface area contributed by atoms with Crippen molar-refractivity contribution in [2.24, 2.45) is 0 Å². The van der Waals surface area contributed by atoms with Gasteiger partial charge < -0.3 is 0 Å². The summed E-state index contributed by atoms with van der Waals surface area (Å²) in [4.78, 5) is 10.1. The zero-order valence-corrected chi connectivity index (χ0v) is 9.36. The summed E-state index contributed by atoms with van der Waals surface area (Å²) >= 11 is 5.98. The van der Waals surface area contributed by atoms with E-state index in [1.54, 1.807) is 19.1 Å². The van der Waals surface area contributed by atoms with Crippen LogP contribution < -0.4 is 0 Å². The van der Waals surface area contributed by atoms with Crippen molar-refractivity contribution in [3.05, 3.63) is 45.5 Å². The number of rotatable bonds is 3. The Kier molecular flexibility index (Phi) is 4.03. The first-order valence-electron chi connectivity index (χ1n) is 4.63. The van der Waals surface area contributed by atoms with Crippen molar-refractivity contribution in [2.75, 3.05) is 0 Å². The average Bonchev–Trinajstić information content (AvgIpc) is 2.30. The van der Waals surface area contributed by atoms with E-state index in [9.17, 15) is 10.1 Å². The molecule has 0 N–H and O–H groups in total. The van der Waals surface area contributed by atoms with Crippen molar-refractivity contribution in [3.63, 3.8) is 0 Å². The molecule has 1 aromatic carbocycles. The lowest BCUT2D eigenvalue weighted by Gasteiger charge is -2.01. The fourth-order valence-corrected chi connectivity index (χ4v) is 1.51. The van der Waals surface area contributed by atoms with Crippen LogP contribution >= 0.6 is 11.6 Å². The topological polar surface area (TPSA) is 66.9 Å². The molecule has 0 aliphatic carbocycles. The maximum Gasteiger partial charge on any atom is 0.270 e. The monoisotopic (exact) mass is 236 g/mol. The number of hydrogen-bond acceptors (Lipinski definition) is 3. The summed E-state index contributed by atoms with van der Waals surface area (Å²) < 4.78 is 0. The number of nitriles is 1. The van der Waals surface area contributed by atoms with Crippen LogP contribution in [-0.2, 0) is 0 Å². The summed E-state index contributed by atoms with van der Waals surface area (Å²) in [6.07, 6.45) is 0.498. The number of nitrogens with zero attached hydrogens (tertiary/aromatic N) is 2. The standard InChI is InChI=1S/C11H9ClN2O2/c1-2-8(7-13)11(12)9-4-3-5-10(6-9)14(15)16/h3-6H,2H2,1H3. The maximum atomic E-state index is 10.6. The summed E-state index contributed by atoms with van der Waals surface area (Å²) in [7, 11) is 0. The van der Waals surface area contributed by atoms with Crippen LogP contribution in [0.15, 0.2) is 29.8 Å². The second-order valence-electron chi connectivity index (χ2n) is 3.07. The normalized spacial score (nSPS) is 11.6. The molecule has 0 amide bonds. The molecule has 0 fully saturated rings. The largest absolute Gasteiger partial charge is 0.270 e. The molecule has 0 saturated heterocycles. The van der Waals surface area contributed by atoms with Crippen LogP contribution in [0.3, 0.4) is 0 Å². The van der Waals surface area contributed by atoms with Crippen molar-refractivity contribution in [1.82, 2.24) is 0 Å². The third-order valence-electron chi connectivity index (χ3n) is 2.06. The van der Waals surface area contributed by atoms with E-state index in [1.807, 2.05) is 6.07 Å². The van der Waals surface area contributed by atoms with Gasteiger partial charge in [-0.25, -0.2) is 0 Å². The van der Waals surface area contributed by atoms with Crippen molar-refractivity contribution in [2.45, 2.75) is 13.3 Å². The summed E-state index contributed by atoms with van der Waals surface area (Å²) in [5.74, 6) is 0. The van der Waals surface area contributed by atoms with E-state index in [0.29, 0.717) is 17.6 Å². The van der Waals surface area contributed by atoms with Gasteiger partial charge in [-0.05, 0) is 6.42 Å². The van der Waals surface area contributed by atoms with Gasteiger partial charge in [-0.1, -0.05) is 30.7 Å². The molecule has 0 atom stereocenters. The molecule has 0 unspecified atom stereocenters. The lowest BCUT2D eigenvalue weighted by molar-refractivity contribution is -0.384. The molecular formula is C11H9ClN2O2. The van der Waals surface area contributed by atoms with E-state index in [0.717, 1.165) is 0 Å². The molecule has 0 radical (unpaired) electrons. The quantitative estimate of drug-likeness (QED) is 0.458. The first kappa shape index (κ1) is 12.2. The molecule has 0 heterocycles. The third-order valence-corrected chi connectivity index (χ3v) is 2.51. The molecule has 82 valence electrons. The molecule has 0 aliphatic heterocycles. The Labute approximate surface area is 97.9 Å². The van der Waals surface area contributed by atoms with Crippen LogP contribution in [0.1, 0.15) is 18.9 Å². The molecule has 16 heavy (non-hydrogen) atoms. The zero-order valence-electron chi connectivity index (χ0n) is 8.61. The van der Waals surface area contributed by atoms with E-state index in [1.165, 1.54) is 12.1 Å². The van der Waals surface area contributed by atoms with Crippen LogP contribution in [0.5, 0.6) is 0 Å². The predicted octanol–water partition coefficient (Wildman–Crippen LogP) is 3.48. The first-order chi connectivity index (χ1) is 7.60. The van der Waals surface area contributed by atoms with Gasteiger partial charge >= 0.3 is 0 Å². The average molecular weight is 237 g/mol. The molecule has 0 saturated carbocycles. The highest BCUT2D eigenvalue weighted by Crippen LogP contribution is 2.27. The lowest BCUT2D eigenvalue weighted by Crippen LogP contribution is -1.90. The van der Waals surface area contributed by atoms with Gasteiger partial charge in [0.05, 0.1) is 16.0 Å². The van der Waals surface area contributed by atoms with E-state index in [2.05, 4.69) is 0 Å². The summed E-state index contributed by atoms with van der Waals surface area (Å²) in [6, 6.07) is 7.90. The second-order valence-corrected chi connectivity index (χ2v) is 3.44. The fourth-order valence-electron chi connectivity index (χ4n) is 1.21. The van der Waals surface area contributed by atoms with Gasteiger partial charge in [-0.15, -0.1) is 0 Å². The van der Waals surface area contributed by atoms with Crippen molar-refractivity contribution >= 4 is 22.3 Å². The van der Waals surface area contributed by atoms with Crippen molar-refractivity contribution < 1.29 is 4.92 Å². The van der Waals surface area contributed by atoms with Crippen LogP contribution in [0.25, 0.3) is 5.03 Å². The van der Waals surface area contributed by atoms with Gasteiger partial charge in [0.15, 0.2) is 0 Å². The molecule has 0 aliphatic rings. The number of hydrogen-bond donors (Lipinski definition) is 0. The number of non-ortho nitro benzene ring substituents is 1. The SMILES string of the molecule is CCC(C#N)=C(Cl)c1cccc([N+](=O)[O-])c1. The summed E-state index contributed by atoms with van der Waals surface area (Å²) in [5.41, 5.74) is 0.875. The number of nitro benzene ring substituents is 1. The van der Waals surface area contributed by atoms with Crippen LogP contribution in [-0.4, -0.2) is 4.92 Å². The van der Waals surface area contributed by atoms with Crippen molar-refractivity contribution in [1.29, 1.82) is 5.26 Å². The number of halogens is 1. The Balaban J connectivity index is 3.25. The van der Waals surface area contributed by atoms with Crippen molar-refractivity contribution in [3.8, 4) is 6.07 Å². The van der Waals surface area contributed by atoms with E-state index in [4.69, 9.17) is 16.9 Å². The predicted molar refractivity (Wildman–Crippen MR) is 61.8 cm³/mol. The van der Waals surface area contributed by atoms with Gasteiger partial charge in [0.2, 0.25) is 0 Å². The fraction of sp³-hybridized carbons (Fsp3) is 0.182. The zero-order chi connectivity index (χ0) is 12.1. The van der Waals surface area contributed by atoms with E-state index in [-0.39, 0.29) is 10.7 Å². The van der Waals surface area contributed by atoms with Gasteiger partial charge in [0.25, 0.3) is 5.69 Å². The summed E-state index contributed by atoms with van der Waals surface area (Å²) in [5, 5.41) is 19.6. The van der Waals surface area contributed by atoms with Gasteiger partial charge in [0, 0.05) is 23.3 Å². The molecule has 1 rings (SSSR count). The minimum absolute atomic E-state index is 0.0379. The number of benzene rings is 1. The smallest absolute Gasteiger partial charge is 0.258 e. The minimum Gasteiger partial charge on any atom is -0.258 e. The highest BCUT2D eigenvalue weighted by Gasteiger charge is 2.10. The Morgan fingerprint density at radius 3 is 2.81 bits per heavy atom. The van der Waals surface area contributed by atoms with Gasteiger partial charge in [-0.2, -0.15) is 5.26 Å². The Morgan fingerprint density at radius 2 is 2.31 bits per heavy atom. The second kappa shape index (κ2) is 5.29. The molecule has 1 aromatic rings. The Hall–Kier alpha value is -1.86. The molecular weight excluding hydrogens is 228 g/mol. The van der Waals surface area contributed by atoms with Crippen LogP contribution in [0.4, 0.5) is 5.69 Å². The third kappa shape index (κ3) is 2.59. The molecule has 4 nitrogen and oxygen atoms in total. The number of allylic oxidation sites excluding steroid dienone is 1. The van der Waals surface area contributed by atoms with Crippen LogP contribution in [0, 0.1) is 21.4 Å². The lowest BCUT2D eigenvalue weighted by atomic mass is 10.1. The molecule has 0 aromatic heterocycles. The summed E-state index contributed by atoms with van der Waals surface area (Å²) in [6.45, 7) is 1.80. The van der Waals surface area contributed by atoms with E-state index < -0.39 is 4.92 Å². The first-order valence-corrected chi connectivity index (χ1v) is 5.01. The highest BCUT2D eigenvalue weighted by atomic mass is 35.5. The van der Waals surface area contributed by atoms with Gasteiger partial charge in [-0.3, -0.25) is 10.1 Å².